The second-order valence-electron chi connectivity index (χ2n) is 5.70. The van der Waals surface area contributed by atoms with Gasteiger partial charge in [0.1, 0.15) is 0 Å². The molecule has 2 rings (SSSR count). The molecular formula is C15H20ClNO3. The Bertz CT molecular complexity index is 516. The van der Waals surface area contributed by atoms with Crippen molar-refractivity contribution in [3.05, 3.63) is 28.8 Å². The van der Waals surface area contributed by atoms with Gasteiger partial charge in [-0.15, -0.1) is 0 Å². The normalized spacial score (nSPS) is 24.0. The molecule has 1 aromatic rings. The summed E-state index contributed by atoms with van der Waals surface area (Å²) in [4.78, 5) is 11.1. The first-order chi connectivity index (χ1) is 9.36. The number of carboxylic acid groups (broad SMARTS) is 1. The Morgan fingerprint density at radius 3 is 2.80 bits per heavy atom. The maximum atomic E-state index is 11.1. The second kappa shape index (κ2) is 5.62. The standard InChI is InChI=1S/C15H20ClNO3/c1-4-20-13-8-12(15(13,2)3)17-9-5-6-11(16)10(7-9)14(18)19/h5-7,12-13,17H,4,8H2,1-3H3,(H,18,19). The highest BCUT2D eigenvalue weighted by molar-refractivity contribution is 6.33. The van der Waals surface area contributed by atoms with E-state index < -0.39 is 5.97 Å². The van der Waals surface area contributed by atoms with Crippen LogP contribution in [0.25, 0.3) is 0 Å². The van der Waals surface area contributed by atoms with Crippen molar-refractivity contribution in [3.8, 4) is 0 Å². The minimum atomic E-state index is -1.02. The zero-order valence-corrected chi connectivity index (χ0v) is 12.7. The summed E-state index contributed by atoms with van der Waals surface area (Å²) >= 11 is 5.87. The number of hydrogen-bond donors (Lipinski definition) is 2. The Morgan fingerprint density at radius 1 is 1.55 bits per heavy atom. The molecule has 0 radical (unpaired) electrons. The van der Waals surface area contributed by atoms with Gasteiger partial charge in [-0.1, -0.05) is 25.4 Å². The molecular weight excluding hydrogens is 278 g/mol. The lowest BCUT2D eigenvalue weighted by molar-refractivity contribution is -0.0975. The van der Waals surface area contributed by atoms with Gasteiger partial charge >= 0.3 is 5.97 Å². The predicted octanol–water partition coefficient (Wildman–Crippen LogP) is 3.65. The number of ether oxygens (including phenoxy) is 1. The number of halogens is 1. The highest BCUT2D eigenvalue weighted by Crippen LogP contribution is 2.44. The van der Waals surface area contributed by atoms with Gasteiger partial charge < -0.3 is 15.2 Å². The van der Waals surface area contributed by atoms with E-state index in [2.05, 4.69) is 19.2 Å². The molecule has 4 nitrogen and oxygen atoms in total. The average molecular weight is 298 g/mol. The molecule has 0 aliphatic heterocycles. The lowest BCUT2D eigenvalue weighted by Crippen LogP contribution is -2.58. The van der Waals surface area contributed by atoms with Crippen LogP contribution in [0.5, 0.6) is 0 Å². The Labute approximate surface area is 124 Å². The zero-order valence-electron chi connectivity index (χ0n) is 11.9. The molecule has 1 fully saturated rings. The van der Waals surface area contributed by atoms with E-state index in [1.807, 2.05) is 6.92 Å². The fraction of sp³-hybridized carbons (Fsp3) is 0.533. The molecule has 110 valence electrons. The number of hydrogen-bond acceptors (Lipinski definition) is 3. The third kappa shape index (κ3) is 2.76. The van der Waals surface area contributed by atoms with E-state index in [0.29, 0.717) is 6.61 Å². The van der Waals surface area contributed by atoms with E-state index in [4.69, 9.17) is 21.4 Å². The van der Waals surface area contributed by atoms with Crippen molar-refractivity contribution in [2.24, 2.45) is 5.41 Å². The molecule has 1 saturated carbocycles. The molecule has 0 bridgehead atoms. The molecule has 0 amide bonds. The van der Waals surface area contributed by atoms with Gasteiger partial charge in [-0.2, -0.15) is 0 Å². The van der Waals surface area contributed by atoms with Crippen molar-refractivity contribution in [1.82, 2.24) is 0 Å². The van der Waals surface area contributed by atoms with Crippen LogP contribution in [-0.2, 0) is 4.74 Å². The van der Waals surface area contributed by atoms with Crippen molar-refractivity contribution in [1.29, 1.82) is 0 Å². The number of carboxylic acids is 1. The first-order valence-corrected chi connectivity index (χ1v) is 7.15. The molecule has 0 aromatic heterocycles. The molecule has 0 heterocycles. The van der Waals surface area contributed by atoms with Gasteiger partial charge in [0, 0.05) is 23.8 Å². The summed E-state index contributed by atoms with van der Waals surface area (Å²) in [7, 11) is 0. The first-order valence-electron chi connectivity index (χ1n) is 6.77. The zero-order chi connectivity index (χ0) is 14.9. The van der Waals surface area contributed by atoms with Gasteiger partial charge in [-0.05, 0) is 31.5 Å². The number of carbonyl (C=O) groups is 1. The second-order valence-corrected chi connectivity index (χ2v) is 6.10. The van der Waals surface area contributed by atoms with Crippen LogP contribution in [0.2, 0.25) is 5.02 Å². The summed E-state index contributed by atoms with van der Waals surface area (Å²) in [6.45, 7) is 7.02. The van der Waals surface area contributed by atoms with Crippen LogP contribution < -0.4 is 5.32 Å². The lowest BCUT2D eigenvalue weighted by atomic mass is 9.64. The van der Waals surface area contributed by atoms with Crippen molar-refractivity contribution in [3.63, 3.8) is 0 Å². The fourth-order valence-corrected chi connectivity index (χ4v) is 2.79. The number of aromatic carboxylic acids is 1. The summed E-state index contributed by atoms with van der Waals surface area (Å²) in [5.74, 6) is -1.02. The van der Waals surface area contributed by atoms with E-state index in [0.717, 1.165) is 12.1 Å². The van der Waals surface area contributed by atoms with Crippen LogP contribution in [0.1, 0.15) is 37.6 Å². The summed E-state index contributed by atoms with van der Waals surface area (Å²) in [5, 5.41) is 12.7. The third-order valence-electron chi connectivity index (χ3n) is 4.08. The predicted molar refractivity (Wildman–Crippen MR) is 79.6 cm³/mol. The van der Waals surface area contributed by atoms with Crippen LogP contribution >= 0.6 is 11.6 Å². The summed E-state index contributed by atoms with van der Waals surface area (Å²) in [6, 6.07) is 5.26. The molecule has 1 aliphatic carbocycles. The maximum absolute atomic E-state index is 11.1. The van der Waals surface area contributed by atoms with Crippen LogP contribution in [0.3, 0.4) is 0 Å². The van der Waals surface area contributed by atoms with Crippen molar-refractivity contribution in [2.75, 3.05) is 11.9 Å². The molecule has 2 N–H and O–H groups in total. The number of anilines is 1. The van der Waals surface area contributed by atoms with Gasteiger partial charge in [0.15, 0.2) is 0 Å². The quantitative estimate of drug-likeness (QED) is 0.871. The van der Waals surface area contributed by atoms with Crippen molar-refractivity contribution in [2.45, 2.75) is 39.3 Å². The van der Waals surface area contributed by atoms with E-state index in [1.165, 1.54) is 0 Å². The van der Waals surface area contributed by atoms with E-state index in [1.54, 1.807) is 18.2 Å². The Balaban J connectivity index is 2.09. The Morgan fingerprint density at radius 2 is 2.25 bits per heavy atom. The maximum Gasteiger partial charge on any atom is 0.337 e. The van der Waals surface area contributed by atoms with Gasteiger partial charge in [-0.25, -0.2) is 4.79 Å². The molecule has 5 heteroatoms. The minimum absolute atomic E-state index is 0.0268. The molecule has 2 atom stereocenters. The number of nitrogens with one attached hydrogen (secondary N) is 1. The highest BCUT2D eigenvalue weighted by atomic mass is 35.5. The first kappa shape index (κ1) is 15.1. The molecule has 2 unspecified atom stereocenters. The van der Waals surface area contributed by atoms with Crippen LogP contribution in [0, 0.1) is 5.41 Å². The minimum Gasteiger partial charge on any atom is -0.478 e. The van der Waals surface area contributed by atoms with Gasteiger partial charge in [0.05, 0.1) is 16.7 Å². The van der Waals surface area contributed by atoms with Gasteiger partial charge in [0.2, 0.25) is 0 Å². The monoisotopic (exact) mass is 297 g/mol. The highest BCUT2D eigenvalue weighted by Gasteiger charge is 2.48. The molecule has 1 aromatic carbocycles. The average Bonchev–Trinajstić information content (AvgIpc) is 2.39. The van der Waals surface area contributed by atoms with Crippen molar-refractivity contribution < 1.29 is 14.6 Å². The van der Waals surface area contributed by atoms with Crippen LogP contribution in [-0.4, -0.2) is 29.8 Å². The fourth-order valence-electron chi connectivity index (χ4n) is 2.59. The Kier molecular flexibility index (Phi) is 4.25. The summed E-state index contributed by atoms with van der Waals surface area (Å²) in [6.07, 6.45) is 1.17. The van der Waals surface area contributed by atoms with E-state index >= 15 is 0 Å². The Hall–Kier alpha value is -1.26. The van der Waals surface area contributed by atoms with Crippen LogP contribution in [0.15, 0.2) is 18.2 Å². The molecule has 0 saturated heterocycles. The molecule has 20 heavy (non-hydrogen) atoms. The molecule has 1 aliphatic rings. The smallest absolute Gasteiger partial charge is 0.337 e. The lowest BCUT2D eigenvalue weighted by Gasteiger charge is -2.52. The molecule has 0 spiro atoms. The third-order valence-corrected chi connectivity index (χ3v) is 4.41. The largest absolute Gasteiger partial charge is 0.478 e. The SMILES string of the molecule is CCOC1CC(Nc2ccc(Cl)c(C(=O)O)c2)C1(C)C. The van der Waals surface area contributed by atoms with Gasteiger partial charge in [-0.3, -0.25) is 0 Å². The van der Waals surface area contributed by atoms with E-state index in [9.17, 15) is 4.79 Å². The van der Waals surface area contributed by atoms with E-state index in [-0.39, 0.29) is 28.1 Å². The van der Waals surface area contributed by atoms with Gasteiger partial charge in [0.25, 0.3) is 0 Å². The summed E-state index contributed by atoms with van der Waals surface area (Å²) in [5.41, 5.74) is 0.925. The van der Waals surface area contributed by atoms with Crippen molar-refractivity contribution >= 4 is 23.3 Å². The number of benzene rings is 1. The summed E-state index contributed by atoms with van der Waals surface area (Å²) < 4.78 is 5.69. The van der Waals surface area contributed by atoms with Crippen LogP contribution in [0.4, 0.5) is 5.69 Å². The number of rotatable bonds is 5. The topological polar surface area (TPSA) is 58.6 Å².